The van der Waals surface area contributed by atoms with Gasteiger partial charge in [0.1, 0.15) is 5.54 Å². The third-order valence-corrected chi connectivity index (χ3v) is 3.97. The van der Waals surface area contributed by atoms with Gasteiger partial charge in [0.05, 0.1) is 0 Å². The molecular formula is C14H17BrN2O2. The average molecular weight is 325 g/mol. The summed E-state index contributed by atoms with van der Waals surface area (Å²) in [6, 6.07) is 5.54. The highest BCUT2D eigenvalue weighted by Crippen LogP contribution is 2.32. The lowest BCUT2D eigenvalue weighted by molar-refractivity contribution is -0.126. The first-order valence-corrected chi connectivity index (χ1v) is 7.00. The Balaban J connectivity index is 2.54. The van der Waals surface area contributed by atoms with Crippen LogP contribution in [0, 0.1) is 0 Å². The number of ketones is 1. The molecule has 0 saturated carbocycles. The monoisotopic (exact) mass is 324 g/mol. The number of amides is 1. The number of nitrogens with one attached hydrogen (secondary N) is 1. The summed E-state index contributed by atoms with van der Waals surface area (Å²) in [4.78, 5) is 25.8. The smallest absolute Gasteiger partial charge is 0.245 e. The molecule has 19 heavy (non-hydrogen) atoms. The lowest BCUT2D eigenvalue weighted by atomic mass is 9.96. The molecule has 5 heteroatoms. The molecule has 4 nitrogen and oxygen atoms in total. The second-order valence-corrected chi connectivity index (χ2v) is 6.10. The van der Waals surface area contributed by atoms with Crippen LogP contribution in [0.25, 0.3) is 0 Å². The van der Waals surface area contributed by atoms with Crippen molar-refractivity contribution in [3.63, 3.8) is 0 Å². The topological polar surface area (TPSA) is 49.4 Å². The molecule has 1 fully saturated rings. The van der Waals surface area contributed by atoms with E-state index in [2.05, 4.69) is 21.2 Å². The molecule has 0 radical (unpaired) electrons. The van der Waals surface area contributed by atoms with Crippen molar-refractivity contribution in [2.75, 3.05) is 18.0 Å². The number of anilines is 1. The maximum atomic E-state index is 12.0. The SMILES string of the molecule is CC(=O)c1ccc(Br)cc1N1CCNC(=O)C1(C)C. The highest BCUT2D eigenvalue weighted by molar-refractivity contribution is 9.10. The van der Waals surface area contributed by atoms with Crippen LogP contribution in [0.15, 0.2) is 22.7 Å². The molecule has 1 N–H and O–H groups in total. The van der Waals surface area contributed by atoms with Crippen LogP contribution >= 0.6 is 15.9 Å². The number of carbonyl (C=O) groups excluding carboxylic acids is 2. The molecule has 1 saturated heterocycles. The molecule has 0 bridgehead atoms. The largest absolute Gasteiger partial charge is 0.355 e. The Labute approximate surface area is 121 Å². The molecule has 1 aromatic carbocycles. The van der Waals surface area contributed by atoms with Gasteiger partial charge in [0.15, 0.2) is 5.78 Å². The summed E-state index contributed by atoms with van der Waals surface area (Å²) in [5, 5.41) is 2.86. The molecule has 0 aromatic heterocycles. The van der Waals surface area contributed by atoms with Crippen molar-refractivity contribution >= 4 is 33.3 Å². The fraction of sp³-hybridized carbons (Fsp3) is 0.429. The zero-order valence-corrected chi connectivity index (χ0v) is 12.9. The zero-order chi connectivity index (χ0) is 14.2. The van der Waals surface area contributed by atoms with Gasteiger partial charge in [0, 0.05) is 28.8 Å². The minimum atomic E-state index is -0.663. The lowest BCUT2D eigenvalue weighted by Crippen LogP contribution is -2.62. The summed E-state index contributed by atoms with van der Waals surface area (Å²) >= 11 is 3.43. The highest BCUT2D eigenvalue weighted by atomic mass is 79.9. The van der Waals surface area contributed by atoms with Gasteiger partial charge in [-0.15, -0.1) is 0 Å². The van der Waals surface area contributed by atoms with Gasteiger partial charge in [-0.2, -0.15) is 0 Å². The van der Waals surface area contributed by atoms with E-state index in [-0.39, 0.29) is 11.7 Å². The number of Topliss-reactive ketones (excluding diaryl/α,β-unsaturated/α-hetero) is 1. The molecule has 0 spiro atoms. The number of hydrogen-bond acceptors (Lipinski definition) is 3. The fourth-order valence-electron chi connectivity index (χ4n) is 2.35. The van der Waals surface area contributed by atoms with E-state index in [1.54, 1.807) is 13.0 Å². The molecule has 1 heterocycles. The van der Waals surface area contributed by atoms with E-state index in [9.17, 15) is 9.59 Å². The number of benzene rings is 1. The minimum absolute atomic E-state index is 0.00396. The van der Waals surface area contributed by atoms with Crippen molar-refractivity contribution in [1.82, 2.24) is 5.32 Å². The Morgan fingerprint density at radius 2 is 2.11 bits per heavy atom. The van der Waals surface area contributed by atoms with Gasteiger partial charge in [-0.3, -0.25) is 9.59 Å². The highest BCUT2D eigenvalue weighted by Gasteiger charge is 2.38. The summed E-state index contributed by atoms with van der Waals surface area (Å²) in [5.41, 5.74) is 0.788. The second-order valence-electron chi connectivity index (χ2n) is 5.18. The number of hydrogen-bond donors (Lipinski definition) is 1. The molecule has 0 atom stereocenters. The van der Waals surface area contributed by atoms with Crippen LogP contribution in [0.3, 0.4) is 0 Å². The maximum Gasteiger partial charge on any atom is 0.245 e. The molecule has 1 aliphatic rings. The third-order valence-electron chi connectivity index (χ3n) is 3.48. The van der Waals surface area contributed by atoms with Gasteiger partial charge >= 0.3 is 0 Å². The molecule has 1 aromatic rings. The Kier molecular flexibility index (Phi) is 3.67. The second kappa shape index (κ2) is 4.96. The predicted molar refractivity (Wildman–Crippen MR) is 78.6 cm³/mol. The third kappa shape index (κ3) is 2.52. The number of halogens is 1. The van der Waals surface area contributed by atoms with Gasteiger partial charge in [0.2, 0.25) is 5.91 Å². The van der Waals surface area contributed by atoms with Crippen LogP contribution in [0.4, 0.5) is 5.69 Å². The number of rotatable bonds is 2. The minimum Gasteiger partial charge on any atom is -0.355 e. The number of nitrogens with zero attached hydrogens (tertiary/aromatic N) is 1. The van der Waals surface area contributed by atoms with E-state index in [0.29, 0.717) is 18.7 Å². The van der Waals surface area contributed by atoms with Crippen molar-refractivity contribution in [2.45, 2.75) is 26.3 Å². The van der Waals surface area contributed by atoms with E-state index in [0.717, 1.165) is 10.2 Å². The molecule has 1 aliphatic heterocycles. The molecule has 102 valence electrons. The summed E-state index contributed by atoms with van der Waals surface area (Å²) in [7, 11) is 0. The standard InChI is InChI=1S/C14H17BrN2O2/c1-9(18)11-5-4-10(15)8-12(11)17-7-6-16-13(19)14(17,2)3/h4-5,8H,6-7H2,1-3H3,(H,16,19). The summed E-state index contributed by atoms with van der Waals surface area (Å²) in [6.07, 6.45) is 0. The van der Waals surface area contributed by atoms with Gasteiger partial charge in [0.25, 0.3) is 0 Å². The summed E-state index contributed by atoms with van der Waals surface area (Å²) in [6.45, 7) is 6.56. The molecule has 2 rings (SSSR count). The Bertz CT molecular complexity index is 540. The molecule has 0 unspecified atom stereocenters. The van der Waals surface area contributed by atoms with Crippen LogP contribution in [-0.4, -0.2) is 30.3 Å². The Hall–Kier alpha value is -1.36. The first-order valence-electron chi connectivity index (χ1n) is 6.20. The van der Waals surface area contributed by atoms with Crippen molar-refractivity contribution in [3.05, 3.63) is 28.2 Å². The Morgan fingerprint density at radius 3 is 2.74 bits per heavy atom. The van der Waals surface area contributed by atoms with E-state index in [1.807, 2.05) is 30.9 Å². The molecule has 1 amide bonds. The first-order chi connectivity index (χ1) is 8.84. The lowest BCUT2D eigenvalue weighted by Gasteiger charge is -2.43. The normalized spacial score (nSPS) is 18.1. The van der Waals surface area contributed by atoms with Crippen LogP contribution < -0.4 is 10.2 Å². The van der Waals surface area contributed by atoms with Gasteiger partial charge in [-0.1, -0.05) is 15.9 Å². The number of carbonyl (C=O) groups is 2. The maximum absolute atomic E-state index is 12.0. The molecule has 0 aliphatic carbocycles. The van der Waals surface area contributed by atoms with Crippen molar-refractivity contribution in [3.8, 4) is 0 Å². The van der Waals surface area contributed by atoms with E-state index < -0.39 is 5.54 Å². The van der Waals surface area contributed by atoms with E-state index in [4.69, 9.17) is 0 Å². The molecular weight excluding hydrogens is 308 g/mol. The van der Waals surface area contributed by atoms with Crippen molar-refractivity contribution in [2.24, 2.45) is 0 Å². The number of piperazine rings is 1. The van der Waals surface area contributed by atoms with Gasteiger partial charge < -0.3 is 10.2 Å². The van der Waals surface area contributed by atoms with Crippen molar-refractivity contribution < 1.29 is 9.59 Å². The van der Waals surface area contributed by atoms with Crippen molar-refractivity contribution in [1.29, 1.82) is 0 Å². The summed E-state index contributed by atoms with van der Waals surface area (Å²) < 4.78 is 0.897. The van der Waals surface area contributed by atoms with Gasteiger partial charge in [-0.05, 0) is 39.0 Å². The van der Waals surface area contributed by atoms with Crippen LogP contribution in [-0.2, 0) is 4.79 Å². The zero-order valence-electron chi connectivity index (χ0n) is 11.3. The van der Waals surface area contributed by atoms with Crippen LogP contribution in [0.2, 0.25) is 0 Å². The fourth-order valence-corrected chi connectivity index (χ4v) is 2.70. The summed E-state index contributed by atoms with van der Waals surface area (Å²) in [5.74, 6) is -0.0162. The van der Waals surface area contributed by atoms with Gasteiger partial charge in [-0.25, -0.2) is 0 Å². The van der Waals surface area contributed by atoms with Crippen LogP contribution in [0.5, 0.6) is 0 Å². The van der Waals surface area contributed by atoms with E-state index in [1.165, 1.54) is 0 Å². The average Bonchev–Trinajstić information content (AvgIpc) is 2.32. The Morgan fingerprint density at radius 1 is 1.42 bits per heavy atom. The van der Waals surface area contributed by atoms with Crippen LogP contribution in [0.1, 0.15) is 31.1 Å². The first kappa shape index (κ1) is 14.1. The van der Waals surface area contributed by atoms with E-state index >= 15 is 0 Å². The quantitative estimate of drug-likeness (QED) is 0.850. The predicted octanol–water partition coefficient (Wildman–Crippen LogP) is 2.37.